The van der Waals surface area contributed by atoms with Crippen molar-refractivity contribution in [3.05, 3.63) is 72.9 Å². The van der Waals surface area contributed by atoms with E-state index in [1.807, 2.05) is 12.2 Å². The normalized spacial score (nSPS) is 25.4. The molecule has 0 N–H and O–H groups in total. The Hall–Kier alpha value is -1.34. The molecule has 0 spiro atoms. The molecule has 0 aromatic rings. The summed E-state index contributed by atoms with van der Waals surface area (Å²) in [4.78, 5) is 0. The minimum Gasteiger partial charge on any atom is -0.103 e. The van der Waals surface area contributed by atoms with Gasteiger partial charge in [0.15, 0.2) is 0 Å². The first-order valence-corrected chi connectivity index (χ1v) is 10.2. The molecule has 0 amide bonds. The fourth-order valence-electron chi connectivity index (χ4n) is 2.89. The van der Waals surface area contributed by atoms with Crippen LogP contribution in [0.4, 0.5) is 0 Å². The number of hydrogen-bond donors (Lipinski definition) is 0. The summed E-state index contributed by atoms with van der Waals surface area (Å²) in [6, 6.07) is 0. The maximum atomic E-state index is 3.83. The van der Waals surface area contributed by atoms with Crippen LogP contribution in [0.1, 0.15) is 12.8 Å². The van der Waals surface area contributed by atoms with E-state index in [1.165, 1.54) is 11.1 Å². The van der Waals surface area contributed by atoms with Crippen molar-refractivity contribution < 1.29 is 0 Å². The maximum Gasteiger partial charge on any atom is 0.0699 e. The van der Waals surface area contributed by atoms with Crippen LogP contribution in [0.2, 0.25) is 24.2 Å². The summed E-state index contributed by atoms with van der Waals surface area (Å²) in [5.41, 5.74) is 4.16. The topological polar surface area (TPSA) is 0 Å². The fourth-order valence-corrected chi connectivity index (χ4v) is 5.81. The summed E-state index contributed by atoms with van der Waals surface area (Å²) in [6.45, 7) is 12.6. The minimum atomic E-state index is -1.37. The molecule has 0 saturated carbocycles. The van der Waals surface area contributed by atoms with Gasteiger partial charge in [-0.3, -0.25) is 0 Å². The van der Waals surface area contributed by atoms with Gasteiger partial charge in [0.2, 0.25) is 0 Å². The lowest BCUT2D eigenvalue weighted by molar-refractivity contribution is 1.15. The molecule has 2 atom stereocenters. The molecule has 0 saturated heterocycles. The van der Waals surface area contributed by atoms with Crippen molar-refractivity contribution in [1.82, 2.24) is 0 Å². The molecule has 2 aliphatic rings. The second-order valence-corrected chi connectivity index (χ2v) is 11.0. The van der Waals surface area contributed by atoms with Crippen LogP contribution < -0.4 is 0 Å². The summed E-state index contributed by atoms with van der Waals surface area (Å²) >= 11 is 0. The molecule has 0 heterocycles. The first kappa shape index (κ1) is 14.1. The van der Waals surface area contributed by atoms with E-state index in [4.69, 9.17) is 0 Å². The molecular weight excluding hydrogens is 244 g/mol. The van der Waals surface area contributed by atoms with Gasteiger partial charge in [0.25, 0.3) is 0 Å². The second kappa shape index (κ2) is 5.75. The molecule has 0 aromatic heterocycles. The Kier molecular flexibility index (Phi) is 4.26. The Balaban J connectivity index is 2.12. The van der Waals surface area contributed by atoms with E-state index in [9.17, 15) is 0 Å². The van der Waals surface area contributed by atoms with Crippen molar-refractivity contribution in [2.45, 2.75) is 37.0 Å². The third-order valence-corrected chi connectivity index (χ3v) is 8.46. The van der Waals surface area contributed by atoms with Gasteiger partial charge >= 0.3 is 0 Å². The van der Waals surface area contributed by atoms with E-state index in [2.05, 4.69) is 62.7 Å². The van der Waals surface area contributed by atoms with Crippen molar-refractivity contribution in [2.75, 3.05) is 0 Å². The van der Waals surface area contributed by atoms with Gasteiger partial charge in [-0.2, -0.15) is 0 Å². The Bertz CT molecular complexity index is 442. The van der Waals surface area contributed by atoms with Crippen LogP contribution in [0.5, 0.6) is 0 Å². The molecule has 2 unspecified atom stereocenters. The highest BCUT2D eigenvalue weighted by Gasteiger charge is 2.37. The first-order chi connectivity index (χ1) is 9.07. The minimum absolute atomic E-state index is 0.649. The van der Waals surface area contributed by atoms with Crippen molar-refractivity contribution >= 4 is 8.07 Å². The van der Waals surface area contributed by atoms with E-state index < -0.39 is 8.07 Å². The number of allylic oxidation sites excluding steroid dienone is 10. The predicted octanol–water partition coefficient (Wildman–Crippen LogP) is 5.58. The zero-order valence-electron chi connectivity index (χ0n) is 12.1. The lowest BCUT2D eigenvalue weighted by atomic mass is 10.2. The molecule has 0 radical (unpaired) electrons. The zero-order chi connectivity index (χ0) is 13.9. The van der Waals surface area contributed by atoms with Crippen LogP contribution >= 0.6 is 0 Å². The third-order valence-electron chi connectivity index (χ3n) is 4.30. The van der Waals surface area contributed by atoms with E-state index in [-0.39, 0.29) is 0 Å². The summed E-state index contributed by atoms with van der Waals surface area (Å²) in [5.74, 6) is 0. The average Bonchev–Trinajstić information content (AvgIpc) is 2.99. The smallest absolute Gasteiger partial charge is 0.0699 e. The van der Waals surface area contributed by atoms with Crippen LogP contribution in [-0.2, 0) is 0 Å². The van der Waals surface area contributed by atoms with Gasteiger partial charge in [-0.1, -0.05) is 61.7 Å². The van der Waals surface area contributed by atoms with Crippen LogP contribution in [-0.4, -0.2) is 8.07 Å². The van der Waals surface area contributed by atoms with Crippen molar-refractivity contribution in [3.8, 4) is 0 Å². The lowest BCUT2D eigenvalue weighted by Gasteiger charge is -2.31. The highest BCUT2D eigenvalue weighted by atomic mass is 28.3. The zero-order valence-corrected chi connectivity index (χ0v) is 13.1. The average molecular weight is 268 g/mol. The SMILES string of the molecule is C=CCC1=CC([Si](C)(C)C2C=CC(CC=C)=C2)C=C1. The molecule has 2 aliphatic carbocycles. The van der Waals surface area contributed by atoms with Crippen molar-refractivity contribution in [1.29, 1.82) is 0 Å². The van der Waals surface area contributed by atoms with Crippen LogP contribution in [0.3, 0.4) is 0 Å². The monoisotopic (exact) mass is 268 g/mol. The van der Waals surface area contributed by atoms with Gasteiger partial charge in [-0.15, -0.1) is 13.2 Å². The summed E-state index contributed by atoms with van der Waals surface area (Å²) in [5, 5.41) is 0. The quantitative estimate of drug-likeness (QED) is 0.436. The first-order valence-electron chi connectivity index (χ1n) is 7.07. The second-order valence-electron chi connectivity index (χ2n) is 6.06. The Morgan fingerprint density at radius 3 is 1.74 bits per heavy atom. The van der Waals surface area contributed by atoms with Gasteiger partial charge in [-0.05, 0) is 35.1 Å². The largest absolute Gasteiger partial charge is 0.103 e. The van der Waals surface area contributed by atoms with Crippen LogP contribution in [0.15, 0.2) is 72.9 Å². The molecule has 19 heavy (non-hydrogen) atoms. The predicted molar refractivity (Wildman–Crippen MR) is 89.1 cm³/mol. The maximum absolute atomic E-state index is 3.83. The summed E-state index contributed by atoms with van der Waals surface area (Å²) in [7, 11) is -1.37. The molecule has 100 valence electrons. The van der Waals surface area contributed by atoms with Gasteiger partial charge in [-0.25, -0.2) is 0 Å². The molecule has 0 nitrogen and oxygen atoms in total. The third kappa shape index (κ3) is 2.98. The molecule has 0 bridgehead atoms. The number of hydrogen-bond acceptors (Lipinski definition) is 0. The molecule has 0 aromatic carbocycles. The standard InChI is InChI=1S/C18H24Si/c1-5-7-15-9-11-17(13-15)19(3,4)18-12-10-16(14-18)8-6-2/h5-6,9-14,17-18H,1-2,7-8H2,3-4H3. The van der Waals surface area contributed by atoms with Crippen LogP contribution in [0, 0.1) is 0 Å². The fraction of sp³-hybridized carbons (Fsp3) is 0.333. The highest BCUT2D eigenvalue weighted by Crippen LogP contribution is 2.43. The molecule has 0 aliphatic heterocycles. The van der Waals surface area contributed by atoms with Crippen LogP contribution in [0.25, 0.3) is 0 Å². The Labute approximate surface area is 118 Å². The summed E-state index contributed by atoms with van der Waals surface area (Å²) < 4.78 is 0. The Morgan fingerprint density at radius 1 is 0.947 bits per heavy atom. The van der Waals surface area contributed by atoms with E-state index in [0.717, 1.165) is 12.8 Å². The van der Waals surface area contributed by atoms with Gasteiger partial charge < -0.3 is 0 Å². The molecular formula is C18H24Si. The van der Waals surface area contributed by atoms with E-state index in [0.29, 0.717) is 11.1 Å². The molecule has 2 rings (SSSR count). The van der Waals surface area contributed by atoms with Gasteiger partial charge in [0, 0.05) is 0 Å². The van der Waals surface area contributed by atoms with Crippen molar-refractivity contribution in [3.63, 3.8) is 0 Å². The van der Waals surface area contributed by atoms with E-state index in [1.54, 1.807) is 0 Å². The van der Waals surface area contributed by atoms with Gasteiger partial charge in [0.05, 0.1) is 8.07 Å². The van der Waals surface area contributed by atoms with Gasteiger partial charge in [0.1, 0.15) is 0 Å². The Morgan fingerprint density at radius 2 is 1.37 bits per heavy atom. The lowest BCUT2D eigenvalue weighted by Crippen LogP contribution is -2.34. The summed E-state index contributed by atoms with van der Waals surface area (Å²) in [6.07, 6.45) is 20.3. The number of rotatable bonds is 6. The van der Waals surface area contributed by atoms with Crippen molar-refractivity contribution in [2.24, 2.45) is 0 Å². The van der Waals surface area contributed by atoms with E-state index >= 15 is 0 Å². The molecule has 0 fully saturated rings. The molecule has 1 heteroatoms. The highest BCUT2D eigenvalue weighted by molar-refractivity contribution is 6.82.